The topological polar surface area (TPSA) is 81.4 Å². The van der Waals surface area contributed by atoms with E-state index >= 15 is 0 Å². The average molecular weight is 212 g/mol. The number of hydrogen-bond acceptors (Lipinski definition) is 4. The van der Waals surface area contributed by atoms with Crippen molar-refractivity contribution in [2.45, 2.75) is 19.4 Å². The van der Waals surface area contributed by atoms with Gasteiger partial charge in [0.05, 0.1) is 7.11 Å². The highest BCUT2D eigenvalue weighted by Crippen LogP contribution is 2.00. The fourth-order valence-corrected chi connectivity index (χ4v) is 1.09. The molecule has 0 radical (unpaired) electrons. The third kappa shape index (κ3) is 3.41. The molecule has 1 N–H and O–H groups in total. The highest BCUT2D eigenvalue weighted by atomic mass is 16.5. The maximum atomic E-state index is 11.0. The Balaban J connectivity index is 2.46. The van der Waals surface area contributed by atoms with Crippen molar-refractivity contribution < 1.29 is 19.4 Å². The van der Waals surface area contributed by atoms with Gasteiger partial charge in [0.2, 0.25) is 0 Å². The van der Waals surface area contributed by atoms with Crippen LogP contribution in [0.25, 0.3) is 0 Å². The largest absolute Gasteiger partial charge is 0.481 e. The number of aliphatic carboxylic acids is 1. The molecule has 6 nitrogen and oxygen atoms in total. The second kappa shape index (κ2) is 5.14. The predicted octanol–water partition coefficient (Wildman–Crippen LogP) is 0.534. The fourth-order valence-electron chi connectivity index (χ4n) is 1.09. The molecule has 1 aromatic heterocycles. The maximum Gasteiger partial charge on any atom is 0.358 e. The van der Waals surface area contributed by atoms with Gasteiger partial charge in [-0.05, 0) is 12.5 Å². The van der Waals surface area contributed by atoms with E-state index in [1.54, 1.807) is 6.20 Å². The van der Waals surface area contributed by atoms with E-state index in [0.29, 0.717) is 13.0 Å². The first-order valence-corrected chi connectivity index (χ1v) is 4.47. The van der Waals surface area contributed by atoms with E-state index in [0.717, 1.165) is 0 Å². The van der Waals surface area contributed by atoms with Crippen LogP contribution in [0.15, 0.2) is 12.3 Å². The van der Waals surface area contributed by atoms with E-state index in [1.807, 2.05) is 0 Å². The average Bonchev–Trinajstić information content (AvgIpc) is 2.65. The molecule has 0 saturated heterocycles. The van der Waals surface area contributed by atoms with Crippen LogP contribution in [0.1, 0.15) is 23.3 Å². The summed E-state index contributed by atoms with van der Waals surface area (Å²) in [5.41, 5.74) is 0.229. The zero-order chi connectivity index (χ0) is 11.3. The number of nitrogens with zero attached hydrogens (tertiary/aromatic N) is 2. The van der Waals surface area contributed by atoms with E-state index in [9.17, 15) is 9.59 Å². The van der Waals surface area contributed by atoms with Gasteiger partial charge in [-0.2, -0.15) is 5.10 Å². The summed E-state index contributed by atoms with van der Waals surface area (Å²) in [7, 11) is 1.28. The van der Waals surface area contributed by atoms with Crippen LogP contribution in [0.3, 0.4) is 0 Å². The Kier molecular flexibility index (Phi) is 3.84. The summed E-state index contributed by atoms with van der Waals surface area (Å²) in [5, 5.41) is 12.3. The summed E-state index contributed by atoms with van der Waals surface area (Å²) in [4.78, 5) is 21.3. The van der Waals surface area contributed by atoms with Gasteiger partial charge in [0.25, 0.3) is 0 Å². The van der Waals surface area contributed by atoms with Crippen molar-refractivity contribution in [3.63, 3.8) is 0 Å². The Labute approximate surface area is 86.5 Å². The number of methoxy groups -OCH3 is 1. The number of carbonyl (C=O) groups is 2. The number of esters is 1. The molecular weight excluding hydrogens is 200 g/mol. The summed E-state index contributed by atoms with van der Waals surface area (Å²) in [6, 6.07) is 1.53. The SMILES string of the molecule is COC(=O)c1ccn(CCCC(=O)O)n1. The minimum absolute atomic E-state index is 0.0907. The molecule has 0 unspecified atom stereocenters. The van der Waals surface area contributed by atoms with Crippen LogP contribution in [0.2, 0.25) is 0 Å². The molecule has 0 aromatic carbocycles. The summed E-state index contributed by atoms with van der Waals surface area (Å²) in [6.45, 7) is 0.475. The molecule has 0 saturated carbocycles. The highest BCUT2D eigenvalue weighted by molar-refractivity contribution is 5.86. The Bertz CT molecular complexity index is 359. The normalized spacial score (nSPS) is 9.93. The second-order valence-electron chi connectivity index (χ2n) is 2.95. The Morgan fingerprint density at radius 2 is 2.33 bits per heavy atom. The molecule has 1 heterocycles. The number of ether oxygens (including phenoxy) is 1. The smallest absolute Gasteiger partial charge is 0.358 e. The van der Waals surface area contributed by atoms with Crippen LogP contribution in [-0.4, -0.2) is 33.9 Å². The van der Waals surface area contributed by atoms with Crippen LogP contribution in [-0.2, 0) is 16.1 Å². The Morgan fingerprint density at radius 3 is 2.93 bits per heavy atom. The van der Waals surface area contributed by atoms with Gasteiger partial charge in [0.15, 0.2) is 5.69 Å². The molecule has 82 valence electrons. The van der Waals surface area contributed by atoms with Gasteiger partial charge in [0, 0.05) is 19.2 Å². The third-order valence-electron chi connectivity index (χ3n) is 1.81. The van der Waals surface area contributed by atoms with Crippen LogP contribution in [0, 0.1) is 0 Å². The van der Waals surface area contributed by atoms with E-state index in [1.165, 1.54) is 17.9 Å². The van der Waals surface area contributed by atoms with Crippen molar-refractivity contribution in [2.75, 3.05) is 7.11 Å². The lowest BCUT2D eigenvalue weighted by Gasteiger charge is -1.98. The summed E-state index contributed by atoms with van der Waals surface area (Å²) < 4.78 is 6.01. The van der Waals surface area contributed by atoms with Crippen LogP contribution in [0.4, 0.5) is 0 Å². The third-order valence-corrected chi connectivity index (χ3v) is 1.81. The Morgan fingerprint density at radius 1 is 1.60 bits per heavy atom. The molecule has 0 aliphatic rings. The molecule has 0 fully saturated rings. The number of carboxylic acids is 1. The number of hydrogen-bond donors (Lipinski definition) is 1. The second-order valence-corrected chi connectivity index (χ2v) is 2.95. The predicted molar refractivity (Wildman–Crippen MR) is 50.4 cm³/mol. The van der Waals surface area contributed by atoms with Gasteiger partial charge >= 0.3 is 11.9 Å². The first-order valence-electron chi connectivity index (χ1n) is 4.47. The van der Waals surface area contributed by atoms with Gasteiger partial charge in [-0.15, -0.1) is 0 Å². The fraction of sp³-hybridized carbons (Fsp3) is 0.444. The first kappa shape index (κ1) is 11.2. The van der Waals surface area contributed by atoms with Gasteiger partial charge in [0.1, 0.15) is 0 Å². The molecule has 0 spiro atoms. The summed E-state index contributed by atoms with van der Waals surface area (Å²) >= 11 is 0. The van der Waals surface area contributed by atoms with Crippen LogP contribution < -0.4 is 0 Å². The zero-order valence-electron chi connectivity index (χ0n) is 8.34. The standard InChI is InChI=1S/C9H12N2O4/c1-15-9(14)7-4-6-11(10-7)5-2-3-8(12)13/h4,6H,2-3,5H2,1H3,(H,12,13). The van der Waals surface area contributed by atoms with E-state index in [-0.39, 0.29) is 12.1 Å². The molecule has 0 amide bonds. The zero-order valence-corrected chi connectivity index (χ0v) is 8.34. The molecule has 1 rings (SSSR count). The number of carbonyl (C=O) groups excluding carboxylic acids is 1. The van der Waals surface area contributed by atoms with Gasteiger partial charge in [-0.25, -0.2) is 4.79 Å². The summed E-state index contributed by atoms with van der Waals surface area (Å²) in [5.74, 6) is -1.33. The molecule has 0 bridgehead atoms. The molecule has 0 aliphatic carbocycles. The molecule has 15 heavy (non-hydrogen) atoms. The van der Waals surface area contributed by atoms with Crippen LogP contribution in [0.5, 0.6) is 0 Å². The lowest BCUT2D eigenvalue weighted by atomic mass is 10.3. The molecule has 0 aliphatic heterocycles. The van der Waals surface area contributed by atoms with Crippen molar-refractivity contribution >= 4 is 11.9 Å². The molecule has 0 atom stereocenters. The van der Waals surface area contributed by atoms with E-state index in [2.05, 4.69) is 9.84 Å². The molecular formula is C9H12N2O4. The van der Waals surface area contributed by atoms with E-state index in [4.69, 9.17) is 5.11 Å². The number of aryl methyl sites for hydroxylation is 1. The monoisotopic (exact) mass is 212 g/mol. The lowest BCUT2D eigenvalue weighted by molar-refractivity contribution is -0.137. The lowest BCUT2D eigenvalue weighted by Crippen LogP contribution is -2.06. The minimum atomic E-state index is -0.838. The van der Waals surface area contributed by atoms with Gasteiger partial charge in [-0.1, -0.05) is 0 Å². The maximum absolute atomic E-state index is 11.0. The molecule has 6 heteroatoms. The van der Waals surface area contributed by atoms with Gasteiger partial charge < -0.3 is 9.84 Å². The summed E-state index contributed by atoms with van der Waals surface area (Å²) in [6.07, 6.45) is 2.19. The quantitative estimate of drug-likeness (QED) is 0.720. The highest BCUT2D eigenvalue weighted by Gasteiger charge is 2.08. The van der Waals surface area contributed by atoms with Crippen molar-refractivity contribution in [3.8, 4) is 0 Å². The van der Waals surface area contributed by atoms with Crippen molar-refractivity contribution in [2.24, 2.45) is 0 Å². The Hall–Kier alpha value is -1.85. The van der Waals surface area contributed by atoms with Gasteiger partial charge in [-0.3, -0.25) is 9.48 Å². The number of aromatic nitrogens is 2. The van der Waals surface area contributed by atoms with Crippen LogP contribution >= 0.6 is 0 Å². The first-order chi connectivity index (χ1) is 7.13. The number of rotatable bonds is 5. The van der Waals surface area contributed by atoms with Crippen molar-refractivity contribution in [3.05, 3.63) is 18.0 Å². The van der Waals surface area contributed by atoms with E-state index < -0.39 is 11.9 Å². The minimum Gasteiger partial charge on any atom is -0.481 e. The molecule has 1 aromatic rings. The van der Waals surface area contributed by atoms with Crippen molar-refractivity contribution in [1.29, 1.82) is 0 Å². The van der Waals surface area contributed by atoms with Crippen molar-refractivity contribution in [1.82, 2.24) is 9.78 Å². The number of carboxylic acid groups (broad SMARTS) is 1.